The van der Waals surface area contributed by atoms with Crippen molar-refractivity contribution in [2.24, 2.45) is 0 Å². The van der Waals surface area contributed by atoms with Gasteiger partial charge in [0.25, 0.3) is 0 Å². The van der Waals surface area contributed by atoms with Gasteiger partial charge < -0.3 is 14.6 Å². The Morgan fingerprint density at radius 3 is 2.17 bits per heavy atom. The van der Waals surface area contributed by atoms with E-state index in [0.29, 0.717) is 24.3 Å². The molecule has 0 saturated heterocycles. The number of hydrogen-bond donors (Lipinski definition) is 1. The molecule has 0 radical (unpaired) electrons. The molecule has 0 bridgehead atoms. The molecule has 0 atom stereocenters. The van der Waals surface area contributed by atoms with Gasteiger partial charge in [0.1, 0.15) is 11.5 Å². The van der Waals surface area contributed by atoms with Crippen molar-refractivity contribution in [3.05, 3.63) is 23.3 Å². The first-order chi connectivity index (χ1) is 8.56. The van der Waals surface area contributed by atoms with Crippen molar-refractivity contribution in [2.75, 3.05) is 14.2 Å². The molecule has 98 valence electrons. The highest BCUT2D eigenvalue weighted by Gasteiger charge is 2.49. The van der Waals surface area contributed by atoms with E-state index < -0.39 is 11.4 Å². The van der Waals surface area contributed by atoms with Gasteiger partial charge in [0, 0.05) is 5.56 Å². The van der Waals surface area contributed by atoms with E-state index in [4.69, 9.17) is 9.47 Å². The van der Waals surface area contributed by atoms with E-state index in [1.165, 1.54) is 0 Å². The van der Waals surface area contributed by atoms with Crippen LogP contribution in [-0.2, 0) is 10.2 Å². The lowest BCUT2D eigenvalue weighted by molar-refractivity contribution is -0.147. The van der Waals surface area contributed by atoms with Crippen LogP contribution in [0.15, 0.2) is 12.1 Å². The molecule has 1 saturated carbocycles. The Morgan fingerprint density at radius 1 is 1.22 bits per heavy atom. The number of ether oxygens (including phenoxy) is 2. The Bertz CT molecular complexity index is 475. The van der Waals surface area contributed by atoms with Crippen LogP contribution in [0, 0.1) is 6.92 Å². The monoisotopic (exact) mass is 250 g/mol. The summed E-state index contributed by atoms with van der Waals surface area (Å²) in [6, 6.07) is 3.59. The molecule has 18 heavy (non-hydrogen) atoms. The van der Waals surface area contributed by atoms with Gasteiger partial charge in [-0.15, -0.1) is 0 Å². The summed E-state index contributed by atoms with van der Waals surface area (Å²) in [5, 5.41) is 9.55. The molecule has 1 aromatic carbocycles. The van der Waals surface area contributed by atoms with Crippen molar-refractivity contribution in [1.82, 2.24) is 0 Å². The Kier molecular flexibility index (Phi) is 3.20. The zero-order valence-corrected chi connectivity index (χ0v) is 10.9. The summed E-state index contributed by atoms with van der Waals surface area (Å²) in [5.41, 5.74) is 0.825. The first kappa shape index (κ1) is 12.7. The molecule has 0 aliphatic heterocycles. The molecule has 1 N–H and O–H groups in total. The lowest BCUT2D eigenvalue weighted by Gasteiger charge is -2.40. The molecule has 1 aliphatic carbocycles. The number of benzene rings is 1. The van der Waals surface area contributed by atoms with E-state index in [2.05, 4.69) is 0 Å². The summed E-state index contributed by atoms with van der Waals surface area (Å²) in [6.45, 7) is 1.89. The van der Waals surface area contributed by atoms with Crippen LogP contribution >= 0.6 is 0 Å². The van der Waals surface area contributed by atoms with E-state index in [0.717, 1.165) is 17.5 Å². The SMILES string of the molecule is COc1ccc(OC)c(C2(C(=O)O)CCC2)c1C. The number of methoxy groups -OCH3 is 2. The van der Waals surface area contributed by atoms with E-state index in [1.807, 2.05) is 13.0 Å². The number of rotatable bonds is 4. The van der Waals surface area contributed by atoms with Crippen LogP contribution in [0.25, 0.3) is 0 Å². The zero-order chi connectivity index (χ0) is 13.3. The Balaban J connectivity index is 2.64. The molecule has 1 fully saturated rings. The number of carboxylic acids is 1. The van der Waals surface area contributed by atoms with Crippen LogP contribution < -0.4 is 9.47 Å². The van der Waals surface area contributed by atoms with Crippen molar-refractivity contribution in [1.29, 1.82) is 0 Å². The fraction of sp³-hybridized carbons (Fsp3) is 0.500. The standard InChI is InChI=1S/C14H18O4/c1-9-10(17-2)5-6-11(18-3)12(9)14(13(15)16)7-4-8-14/h5-6H,4,7-8H2,1-3H3,(H,15,16). The second kappa shape index (κ2) is 4.52. The molecule has 0 spiro atoms. The summed E-state index contributed by atoms with van der Waals surface area (Å²) in [5.74, 6) is 0.567. The maximum atomic E-state index is 11.6. The van der Waals surface area contributed by atoms with Crippen molar-refractivity contribution in [3.8, 4) is 11.5 Å². The smallest absolute Gasteiger partial charge is 0.314 e. The van der Waals surface area contributed by atoms with Crippen LogP contribution in [0.3, 0.4) is 0 Å². The second-order valence-electron chi connectivity index (χ2n) is 4.71. The topological polar surface area (TPSA) is 55.8 Å². The summed E-state index contributed by atoms with van der Waals surface area (Å²) in [4.78, 5) is 11.6. The lowest BCUT2D eigenvalue weighted by Crippen LogP contribution is -2.43. The van der Waals surface area contributed by atoms with Crippen molar-refractivity contribution < 1.29 is 19.4 Å². The van der Waals surface area contributed by atoms with Crippen LogP contribution in [0.4, 0.5) is 0 Å². The maximum absolute atomic E-state index is 11.6. The Morgan fingerprint density at radius 2 is 1.78 bits per heavy atom. The molecule has 1 aliphatic rings. The summed E-state index contributed by atoms with van der Waals surface area (Å²) in [6.07, 6.45) is 2.26. The van der Waals surface area contributed by atoms with Crippen molar-refractivity contribution >= 4 is 5.97 Å². The Labute approximate surface area is 107 Å². The molecule has 2 rings (SSSR count). The summed E-state index contributed by atoms with van der Waals surface area (Å²) >= 11 is 0. The van der Waals surface area contributed by atoms with Gasteiger partial charge in [-0.05, 0) is 37.5 Å². The van der Waals surface area contributed by atoms with E-state index in [-0.39, 0.29) is 0 Å². The molecule has 4 nitrogen and oxygen atoms in total. The second-order valence-corrected chi connectivity index (χ2v) is 4.71. The van der Waals surface area contributed by atoms with E-state index in [1.54, 1.807) is 20.3 Å². The highest BCUT2D eigenvalue weighted by atomic mass is 16.5. The normalized spacial score (nSPS) is 16.8. The van der Waals surface area contributed by atoms with Crippen molar-refractivity contribution in [2.45, 2.75) is 31.6 Å². The first-order valence-corrected chi connectivity index (χ1v) is 6.02. The van der Waals surface area contributed by atoms with Gasteiger partial charge in [-0.3, -0.25) is 4.79 Å². The van der Waals surface area contributed by atoms with Crippen LogP contribution in [-0.4, -0.2) is 25.3 Å². The van der Waals surface area contributed by atoms with Gasteiger partial charge in [0.2, 0.25) is 0 Å². The third-order valence-electron chi connectivity index (χ3n) is 3.91. The highest BCUT2D eigenvalue weighted by molar-refractivity contribution is 5.84. The van der Waals surface area contributed by atoms with Gasteiger partial charge in [0.05, 0.1) is 19.6 Å². The van der Waals surface area contributed by atoms with Gasteiger partial charge in [-0.2, -0.15) is 0 Å². The third-order valence-corrected chi connectivity index (χ3v) is 3.91. The third kappa shape index (κ3) is 1.64. The number of carboxylic acid groups (broad SMARTS) is 1. The first-order valence-electron chi connectivity index (χ1n) is 6.02. The summed E-state index contributed by atoms with van der Waals surface area (Å²) < 4.78 is 10.6. The minimum absolute atomic E-state index is 0.635. The zero-order valence-electron chi connectivity index (χ0n) is 10.9. The van der Waals surface area contributed by atoms with Gasteiger partial charge in [-0.1, -0.05) is 6.42 Å². The molecule has 0 aromatic heterocycles. The largest absolute Gasteiger partial charge is 0.496 e. The number of hydrogen-bond acceptors (Lipinski definition) is 3. The Hall–Kier alpha value is -1.71. The number of aliphatic carboxylic acids is 1. The average molecular weight is 250 g/mol. The minimum Gasteiger partial charge on any atom is -0.496 e. The van der Waals surface area contributed by atoms with E-state index >= 15 is 0 Å². The van der Waals surface area contributed by atoms with Crippen LogP contribution in [0.5, 0.6) is 11.5 Å². The molecule has 1 aromatic rings. The molecule has 0 heterocycles. The van der Waals surface area contributed by atoms with Gasteiger partial charge >= 0.3 is 5.97 Å². The average Bonchev–Trinajstić information content (AvgIpc) is 2.29. The van der Waals surface area contributed by atoms with Gasteiger partial charge in [0.15, 0.2) is 0 Å². The van der Waals surface area contributed by atoms with E-state index in [9.17, 15) is 9.90 Å². The highest BCUT2D eigenvalue weighted by Crippen LogP contribution is 2.50. The predicted octanol–water partition coefficient (Wildman–Crippen LogP) is 2.52. The predicted molar refractivity (Wildman–Crippen MR) is 67.4 cm³/mol. The number of carbonyl (C=O) groups is 1. The van der Waals surface area contributed by atoms with Crippen molar-refractivity contribution in [3.63, 3.8) is 0 Å². The lowest BCUT2D eigenvalue weighted by atomic mass is 9.63. The molecular formula is C14H18O4. The van der Waals surface area contributed by atoms with Gasteiger partial charge in [-0.25, -0.2) is 0 Å². The van der Waals surface area contributed by atoms with Crippen LogP contribution in [0.1, 0.15) is 30.4 Å². The quantitative estimate of drug-likeness (QED) is 0.892. The molecule has 0 amide bonds. The minimum atomic E-state index is -0.802. The molecular weight excluding hydrogens is 232 g/mol. The fourth-order valence-corrected chi connectivity index (χ4v) is 2.75. The van der Waals surface area contributed by atoms with Crippen LogP contribution in [0.2, 0.25) is 0 Å². The summed E-state index contributed by atoms with van der Waals surface area (Å²) in [7, 11) is 3.16. The fourth-order valence-electron chi connectivity index (χ4n) is 2.75. The molecule has 0 unspecified atom stereocenters. The maximum Gasteiger partial charge on any atom is 0.314 e. The molecule has 4 heteroatoms.